The minimum Gasteiger partial charge on any atom is -0.394 e. The highest BCUT2D eigenvalue weighted by molar-refractivity contribution is 5.73. The number of carbonyl (C=O) groups excluding carboxylic acids is 1. The van der Waals surface area contributed by atoms with E-state index < -0.39 is 36.9 Å². The number of hydrogen-bond donors (Lipinski definition) is 5. The van der Waals surface area contributed by atoms with Crippen LogP contribution in [0.3, 0.4) is 0 Å². The standard InChI is InChI=1S/C8H17NO5/c1-4(11)7(13)8(14)6(3-10)9-5(2)12/h4,6-8,10-11,13-14H,3H2,1-2H3,(H,9,12)/t4-,6+,7+,8-/m1/s1. The molecule has 0 spiro atoms. The fraction of sp³-hybridized carbons (Fsp3) is 0.875. The number of rotatable bonds is 5. The second-order valence-corrected chi connectivity index (χ2v) is 3.21. The van der Waals surface area contributed by atoms with Crippen molar-refractivity contribution in [3.05, 3.63) is 0 Å². The minimum absolute atomic E-state index is 0.430. The molecule has 6 nitrogen and oxygen atoms in total. The van der Waals surface area contributed by atoms with Gasteiger partial charge in [-0.2, -0.15) is 0 Å². The van der Waals surface area contributed by atoms with Gasteiger partial charge in [-0.15, -0.1) is 0 Å². The van der Waals surface area contributed by atoms with Crippen LogP contribution in [0.25, 0.3) is 0 Å². The smallest absolute Gasteiger partial charge is 0.217 e. The molecule has 0 radical (unpaired) electrons. The Morgan fingerprint density at radius 1 is 1.29 bits per heavy atom. The van der Waals surface area contributed by atoms with Gasteiger partial charge in [0.2, 0.25) is 5.91 Å². The van der Waals surface area contributed by atoms with Crippen molar-refractivity contribution in [2.24, 2.45) is 0 Å². The van der Waals surface area contributed by atoms with Crippen LogP contribution in [0.15, 0.2) is 0 Å². The van der Waals surface area contributed by atoms with E-state index in [1.54, 1.807) is 0 Å². The zero-order chi connectivity index (χ0) is 11.3. The number of hydrogen-bond acceptors (Lipinski definition) is 5. The molecule has 0 heterocycles. The van der Waals surface area contributed by atoms with Crippen molar-refractivity contribution >= 4 is 5.91 Å². The molecule has 0 aromatic carbocycles. The molecule has 6 heteroatoms. The molecule has 0 aliphatic rings. The summed E-state index contributed by atoms with van der Waals surface area (Å²) in [5.41, 5.74) is 0. The van der Waals surface area contributed by atoms with Gasteiger partial charge in [0.25, 0.3) is 0 Å². The molecule has 14 heavy (non-hydrogen) atoms. The summed E-state index contributed by atoms with van der Waals surface area (Å²) >= 11 is 0. The van der Waals surface area contributed by atoms with E-state index in [0.29, 0.717) is 0 Å². The summed E-state index contributed by atoms with van der Waals surface area (Å²) in [7, 11) is 0. The Labute approximate surface area is 82.2 Å². The molecule has 84 valence electrons. The van der Waals surface area contributed by atoms with Crippen LogP contribution in [0.1, 0.15) is 13.8 Å². The molecule has 0 rings (SSSR count). The summed E-state index contributed by atoms with van der Waals surface area (Å²) in [6, 6.07) is -0.975. The summed E-state index contributed by atoms with van der Waals surface area (Å²) in [6.45, 7) is 2.02. The first-order valence-electron chi connectivity index (χ1n) is 4.32. The maximum Gasteiger partial charge on any atom is 0.217 e. The first kappa shape index (κ1) is 13.3. The Bertz CT molecular complexity index is 185. The SMILES string of the molecule is CC(=O)N[C@@H](CO)[C@@H](O)[C@@H](O)[C@@H](C)O. The molecule has 0 aliphatic heterocycles. The predicted octanol–water partition coefficient (Wildman–Crippen LogP) is -2.41. The number of aliphatic hydroxyl groups is 4. The second kappa shape index (κ2) is 5.92. The van der Waals surface area contributed by atoms with Gasteiger partial charge >= 0.3 is 0 Å². The van der Waals surface area contributed by atoms with E-state index in [0.717, 1.165) is 0 Å². The molecule has 0 aromatic rings. The highest BCUT2D eigenvalue weighted by Gasteiger charge is 2.29. The maximum atomic E-state index is 10.6. The summed E-state index contributed by atoms with van der Waals surface area (Å²) in [5, 5.41) is 38.7. The van der Waals surface area contributed by atoms with Crippen molar-refractivity contribution in [1.82, 2.24) is 5.32 Å². The molecule has 0 aromatic heterocycles. The van der Waals surface area contributed by atoms with Crippen LogP contribution in [-0.4, -0.2) is 57.3 Å². The highest BCUT2D eigenvalue weighted by Crippen LogP contribution is 2.04. The van der Waals surface area contributed by atoms with E-state index in [4.69, 9.17) is 10.2 Å². The Morgan fingerprint density at radius 3 is 2.07 bits per heavy atom. The fourth-order valence-electron chi connectivity index (χ4n) is 1.02. The lowest BCUT2D eigenvalue weighted by molar-refractivity contribution is -0.123. The van der Waals surface area contributed by atoms with Crippen LogP contribution < -0.4 is 5.32 Å². The summed E-state index contributed by atoms with van der Waals surface area (Å²) in [6.07, 6.45) is -3.93. The lowest BCUT2D eigenvalue weighted by Crippen LogP contribution is -2.52. The van der Waals surface area contributed by atoms with Crippen LogP contribution in [-0.2, 0) is 4.79 Å². The van der Waals surface area contributed by atoms with Gasteiger partial charge in [0.05, 0.1) is 18.8 Å². The van der Waals surface area contributed by atoms with Crippen LogP contribution in [0.2, 0.25) is 0 Å². The van der Waals surface area contributed by atoms with E-state index >= 15 is 0 Å². The quantitative estimate of drug-likeness (QED) is 0.345. The van der Waals surface area contributed by atoms with Gasteiger partial charge in [-0.1, -0.05) is 0 Å². The molecule has 0 unspecified atom stereocenters. The van der Waals surface area contributed by atoms with Crippen molar-refractivity contribution in [3.63, 3.8) is 0 Å². The van der Waals surface area contributed by atoms with Crippen molar-refractivity contribution in [2.75, 3.05) is 6.61 Å². The maximum absolute atomic E-state index is 10.6. The van der Waals surface area contributed by atoms with Crippen LogP contribution in [0, 0.1) is 0 Å². The molecular formula is C8H17NO5. The van der Waals surface area contributed by atoms with Gasteiger partial charge in [-0.05, 0) is 6.92 Å². The van der Waals surface area contributed by atoms with E-state index in [9.17, 15) is 15.0 Å². The van der Waals surface area contributed by atoms with E-state index in [1.807, 2.05) is 0 Å². The molecule has 0 aliphatic carbocycles. The van der Waals surface area contributed by atoms with E-state index in [1.165, 1.54) is 13.8 Å². The molecule has 4 atom stereocenters. The molecular weight excluding hydrogens is 190 g/mol. The van der Waals surface area contributed by atoms with Crippen molar-refractivity contribution < 1.29 is 25.2 Å². The molecule has 0 bridgehead atoms. The van der Waals surface area contributed by atoms with Crippen LogP contribution >= 0.6 is 0 Å². The fourth-order valence-corrected chi connectivity index (χ4v) is 1.02. The lowest BCUT2D eigenvalue weighted by Gasteiger charge is -2.27. The Kier molecular flexibility index (Phi) is 5.63. The van der Waals surface area contributed by atoms with E-state index in [-0.39, 0.29) is 0 Å². The largest absolute Gasteiger partial charge is 0.394 e. The molecule has 0 fully saturated rings. The summed E-state index contributed by atoms with van der Waals surface area (Å²) < 4.78 is 0. The van der Waals surface area contributed by atoms with Gasteiger partial charge in [0.15, 0.2) is 0 Å². The first-order valence-corrected chi connectivity index (χ1v) is 4.32. The monoisotopic (exact) mass is 207 g/mol. The Hall–Kier alpha value is -0.690. The third-order valence-electron chi connectivity index (χ3n) is 1.84. The number of nitrogens with one attached hydrogen (secondary N) is 1. The van der Waals surface area contributed by atoms with Crippen LogP contribution in [0.4, 0.5) is 0 Å². The summed E-state index contributed by atoms with van der Waals surface area (Å²) in [5.74, 6) is -0.430. The predicted molar refractivity (Wildman–Crippen MR) is 48.4 cm³/mol. The normalized spacial score (nSPS) is 19.6. The average molecular weight is 207 g/mol. The van der Waals surface area contributed by atoms with Crippen molar-refractivity contribution in [3.8, 4) is 0 Å². The topological polar surface area (TPSA) is 110 Å². The lowest BCUT2D eigenvalue weighted by atomic mass is 10.0. The number of aliphatic hydroxyl groups excluding tert-OH is 4. The van der Waals surface area contributed by atoms with Gasteiger partial charge in [-0.3, -0.25) is 4.79 Å². The number of amides is 1. The molecule has 5 N–H and O–H groups in total. The Balaban J connectivity index is 4.29. The first-order chi connectivity index (χ1) is 6.40. The minimum atomic E-state index is -1.40. The third kappa shape index (κ3) is 4.01. The molecule has 0 saturated carbocycles. The summed E-state index contributed by atoms with van der Waals surface area (Å²) in [4.78, 5) is 10.6. The van der Waals surface area contributed by atoms with Crippen molar-refractivity contribution in [2.45, 2.75) is 38.2 Å². The average Bonchev–Trinajstić information content (AvgIpc) is 2.11. The zero-order valence-electron chi connectivity index (χ0n) is 8.21. The molecule has 0 saturated heterocycles. The van der Waals surface area contributed by atoms with Crippen LogP contribution in [0.5, 0.6) is 0 Å². The highest BCUT2D eigenvalue weighted by atomic mass is 16.4. The van der Waals surface area contributed by atoms with Crippen molar-refractivity contribution in [1.29, 1.82) is 0 Å². The van der Waals surface area contributed by atoms with E-state index in [2.05, 4.69) is 5.32 Å². The van der Waals surface area contributed by atoms with Gasteiger partial charge in [-0.25, -0.2) is 0 Å². The van der Waals surface area contributed by atoms with Gasteiger partial charge in [0.1, 0.15) is 12.2 Å². The molecule has 1 amide bonds. The van der Waals surface area contributed by atoms with Gasteiger partial charge < -0.3 is 25.7 Å². The Morgan fingerprint density at radius 2 is 1.79 bits per heavy atom. The zero-order valence-corrected chi connectivity index (χ0v) is 8.21. The number of carbonyl (C=O) groups is 1. The van der Waals surface area contributed by atoms with Gasteiger partial charge in [0, 0.05) is 6.92 Å². The third-order valence-corrected chi connectivity index (χ3v) is 1.84. The second-order valence-electron chi connectivity index (χ2n) is 3.21.